The van der Waals surface area contributed by atoms with E-state index >= 15 is 0 Å². The van der Waals surface area contributed by atoms with E-state index in [0.717, 1.165) is 4.90 Å². The van der Waals surface area contributed by atoms with E-state index in [9.17, 15) is 24.5 Å². The Morgan fingerprint density at radius 2 is 1.96 bits per heavy atom. The third-order valence-corrected chi connectivity index (χ3v) is 4.04. The molecular weight excluding hydrogens is 324 g/mol. The fourth-order valence-corrected chi connectivity index (χ4v) is 2.84. The predicted molar refractivity (Wildman–Crippen MR) is 82.4 cm³/mol. The summed E-state index contributed by atoms with van der Waals surface area (Å²) >= 11 is 0.700. The minimum atomic E-state index is -1.02. The van der Waals surface area contributed by atoms with Crippen LogP contribution in [-0.4, -0.2) is 40.1 Å². The van der Waals surface area contributed by atoms with Gasteiger partial charge in [0.05, 0.1) is 16.9 Å². The van der Waals surface area contributed by atoms with E-state index in [1.807, 2.05) is 0 Å². The molecule has 0 aliphatic carbocycles. The molecule has 1 aliphatic rings. The normalized spacial score (nSPS) is 17.5. The Hall–Kier alpha value is -2.68. The van der Waals surface area contributed by atoms with E-state index in [4.69, 9.17) is 0 Å². The van der Waals surface area contributed by atoms with Crippen LogP contribution in [0.4, 0.5) is 10.5 Å². The first kappa shape index (κ1) is 16.7. The van der Waals surface area contributed by atoms with Crippen LogP contribution in [0.2, 0.25) is 0 Å². The van der Waals surface area contributed by atoms with Gasteiger partial charge in [0, 0.05) is 12.1 Å². The van der Waals surface area contributed by atoms with Gasteiger partial charge in [0.25, 0.3) is 16.8 Å². The van der Waals surface area contributed by atoms with Crippen molar-refractivity contribution >= 4 is 40.6 Å². The van der Waals surface area contributed by atoms with Crippen molar-refractivity contribution in [1.82, 2.24) is 4.90 Å². The van der Waals surface area contributed by atoms with Crippen LogP contribution in [0.25, 0.3) is 6.08 Å². The number of nitro benzene ring substituents is 1. The summed E-state index contributed by atoms with van der Waals surface area (Å²) in [5.41, 5.74) is 0.460. The summed E-state index contributed by atoms with van der Waals surface area (Å²) in [4.78, 5) is 46.7. The molecule has 8 nitrogen and oxygen atoms in total. The second-order valence-corrected chi connectivity index (χ2v) is 5.59. The van der Waals surface area contributed by atoms with E-state index in [1.165, 1.54) is 44.4 Å². The number of amides is 2. The highest BCUT2D eigenvalue weighted by atomic mass is 32.2. The zero-order valence-corrected chi connectivity index (χ0v) is 13.0. The summed E-state index contributed by atoms with van der Waals surface area (Å²) < 4.78 is 4.53. The molecule has 1 aromatic rings. The molecule has 9 heteroatoms. The minimum Gasteiger partial charge on any atom is -0.467 e. The van der Waals surface area contributed by atoms with Crippen LogP contribution in [0.15, 0.2) is 29.2 Å². The van der Waals surface area contributed by atoms with E-state index < -0.39 is 28.1 Å². The Labute approximate surface area is 135 Å². The topological polar surface area (TPSA) is 107 Å². The number of carbonyl (C=O) groups excluding carboxylic acids is 3. The lowest BCUT2D eigenvalue weighted by Crippen LogP contribution is -2.42. The number of non-ortho nitro benzene ring substituents is 1. The number of rotatable bonds is 4. The Morgan fingerprint density at radius 1 is 1.35 bits per heavy atom. The van der Waals surface area contributed by atoms with Gasteiger partial charge in [-0.25, -0.2) is 4.79 Å². The van der Waals surface area contributed by atoms with Crippen LogP contribution in [0.5, 0.6) is 0 Å². The number of benzene rings is 1. The highest BCUT2D eigenvalue weighted by Crippen LogP contribution is 2.33. The number of ether oxygens (including phenoxy) is 1. The molecule has 1 fully saturated rings. The van der Waals surface area contributed by atoms with Crippen molar-refractivity contribution in [2.75, 3.05) is 7.11 Å². The van der Waals surface area contributed by atoms with Gasteiger partial charge in [-0.3, -0.25) is 24.6 Å². The first-order chi connectivity index (χ1) is 10.8. The van der Waals surface area contributed by atoms with E-state index in [1.54, 1.807) is 0 Å². The van der Waals surface area contributed by atoms with Gasteiger partial charge in [-0.15, -0.1) is 0 Å². The van der Waals surface area contributed by atoms with Gasteiger partial charge < -0.3 is 4.74 Å². The number of methoxy groups -OCH3 is 1. The largest absolute Gasteiger partial charge is 0.467 e. The Bertz CT molecular complexity index is 712. The number of nitro groups is 1. The van der Waals surface area contributed by atoms with Gasteiger partial charge in [-0.2, -0.15) is 0 Å². The lowest BCUT2D eigenvalue weighted by Gasteiger charge is -2.18. The highest BCUT2D eigenvalue weighted by Gasteiger charge is 2.41. The van der Waals surface area contributed by atoms with E-state index in [2.05, 4.69) is 4.74 Å². The molecule has 1 unspecified atom stereocenters. The molecule has 0 bridgehead atoms. The molecule has 120 valence electrons. The summed E-state index contributed by atoms with van der Waals surface area (Å²) in [6, 6.07) is 4.52. The van der Waals surface area contributed by atoms with Crippen molar-refractivity contribution < 1.29 is 24.0 Å². The molecule has 0 aromatic heterocycles. The molecule has 0 radical (unpaired) electrons. The first-order valence-electron chi connectivity index (χ1n) is 6.44. The first-order valence-corrected chi connectivity index (χ1v) is 7.26. The van der Waals surface area contributed by atoms with Crippen molar-refractivity contribution in [3.8, 4) is 0 Å². The minimum absolute atomic E-state index is 0.0745. The van der Waals surface area contributed by atoms with Gasteiger partial charge in [0.2, 0.25) is 0 Å². The third-order valence-electron chi connectivity index (χ3n) is 3.15. The Kier molecular flexibility index (Phi) is 4.80. The van der Waals surface area contributed by atoms with Crippen molar-refractivity contribution in [2.24, 2.45) is 0 Å². The Balaban J connectivity index is 2.24. The highest BCUT2D eigenvalue weighted by molar-refractivity contribution is 8.18. The van der Waals surface area contributed by atoms with Crippen molar-refractivity contribution in [2.45, 2.75) is 13.0 Å². The van der Waals surface area contributed by atoms with Crippen molar-refractivity contribution in [3.05, 3.63) is 44.8 Å². The van der Waals surface area contributed by atoms with Crippen LogP contribution in [-0.2, 0) is 14.3 Å². The molecule has 1 aliphatic heterocycles. The summed E-state index contributed by atoms with van der Waals surface area (Å²) in [7, 11) is 1.17. The van der Waals surface area contributed by atoms with Crippen LogP contribution in [0, 0.1) is 10.1 Å². The second kappa shape index (κ2) is 6.61. The average Bonchev–Trinajstić information content (AvgIpc) is 2.80. The summed E-state index contributed by atoms with van der Waals surface area (Å²) in [6.07, 6.45) is 1.44. The molecular formula is C14H12N2O6S. The van der Waals surface area contributed by atoms with Gasteiger partial charge in [-0.1, -0.05) is 0 Å². The van der Waals surface area contributed by atoms with E-state index in [-0.39, 0.29) is 10.6 Å². The molecule has 1 aromatic carbocycles. The molecule has 2 amide bonds. The standard InChI is InChI=1S/C14H12N2O6S/c1-8(13(18)22-2)15-12(17)11(23-14(15)19)7-9-3-5-10(6-4-9)16(20)21/h3-8H,1-2H3. The lowest BCUT2D eigenvalue weighted by atomic mass is 10.2. The quantitative estimate of drug-likeness (QED) is 0.359. The van der Waals surface area contributed by atoms with Gasteiger partial charge in [0.1, 0.15) is 6.04 Å². The molecule has 0 spiro atoms. The SMILES string of the molecule is COC(=O)C(C)N1C(=O)SC(=Cc2ccc([N+](=O)[O-])cc2)C1=O. The number of hydrogen-bond donors (Lipinski definition) is 0. The molecule has 1 saturated heterocycles. The van der Waals surface area contributed by atoms with E-state index in [0.29, 0.717) is 17.3 Å². The maximum atomic E-state index is 12.3. The number of thioether (sulfide) groups is 1. The summed E-state index contributed by atoms with van der Waals surface area (Å²) in [6.45, 7) is 1.40. The third kappa shape index (κ3) is 3.39. The van der Waals surface area contributed by atoms with Crippen LogP contribution < -0.4 is 0 Å². The van der Waals surface area contributed by atoms with Crippen LogP contribution in [0.1, 0.15) is 12.5 Å². The van der Waals surface area contributed by atoms with Gasteiger partial charge in [-0.05, 0) is 42.5 Å². The number of imide groups is 1. The Morgan fingerprint density at radius 3 is 2.48 bits per heavy atom. The second-order valence-electron chi connectivity index (χ2n) is 4.60. The average molecular weight is 336 g/mol. The number of carbonyl (C=O) groups is 3. The zero-order chi connectivity index (χ0) is 17.1. The summed E-state index contributed by atoms with van der Waals surface area (Å²) in [5, 5.41) is 10.0. The zero-order valence-electron chi connectivity index (χ0n) is 12.2. The van der Waals surface area contributed by atoms with Gasteiger partial charge >= 0.3 is 5.97 Å². The number of nitrogens with zero attached hydrogens (tertiary/aromatic N) is 2. The molecule has 1 heterocycles. The monoisotopic (exact) mass is 336 g/mol. The maximum absolute atomic E-state index is 12.3. The fraction of sp³-hybridized carbons (Fsp3) is 0.214. The fourth-order valence-electron chi connectivity index (χ4n) is 1.93. The predicted octanol–water partition coefficient (Wildman–Crippen LogP) is 2.19. The molecule has 0 saturated carbocycles. The molecule has 1 atom stereocenters. The lowest BCUT2D eigenvalue weighted by molar-refractivity contribution is -0.384. The maximum Gasteiger partial charge on any atom is 0.328 e. The molecule has 2 rings (SSSR count). The van der Waals surface area contributed by atoms with Crippen molar-refractivity contribution in [1.29, 1.82) is 0 Å². The van der Waals surface area contributed by atoms with Crippen molar-refractivity contribution in [3.63, 3.8) is 0 Å². The smallest absolute Gasteiger partial charge is 0.328 e. The molecule has 0 N–H and O–H groups in total. The number of esters is 1. The summed E-state index contributed by atoms with van der Waals surface area (Å²) in [5.74, 6) is -1.29. The van der Waals surface area contributed by atoms with Crippen LogP contribution >= 0.6 is 11.8 Å². The van der Waals surface area contributed by atoms with Gasteiger partial charge in [0.15, 0.2) is 0 Å². The van der Waals surface area contributed by atoms with Crippen LogP contribution in [0.3, 0.4) is 0 Å². The number of hydrogen-bond acceptors (Lipinski definition) is 7. The molecule has 23 heavy (non-hydrogen) atoms.